The summed E-state index contributed by atoms with van der Waals surface area (Å²) >= 11 is 0. The van der Waals surface area contributed by atoms with Gasteiger partial charge in [-0.05, 0) is 12.1 Å². The molecule has 0 saturated heterocycles. The first-order valence-electron chi connectivity index (χ1n) is 7.08. The zero-order valence-corrected chi connectivity index (χ0v) is 12.6. The number of pyridine rings is 1. The van der Waals surface area contributed by atoms with Crippen LogP contribution in [0.3, 0.4) is 0 Å². The van der Waals surface area contributed by atoms with Crippen molar-refractivity contribution < 1.29 is 19.4 Å². The van der Waals surface area contributed by atoms with Gasteiger partial charge in [0.15, 0.2) is 5.65 Å². The van der Waals surface area contributed by atoms with Crippen LogP contribution in [0.2, 0.25) is 0 Å². The van der Waals surface area contributed by atoms with Gasteiger partial charge in [-0.2, -0.15) is 0 Å². The molecular formula is C14H18N4O5. The Morgan fingerprint density at radius 2 is 2.22 bits per heavy atom. The van der Waals surface area contributed by atoms with Crippen LogP contribution in [0.15, 0.2) is 29.2 Å². The number of aliphatic carboxylic acids is 1. The van der Waals surface area contributed by atoms with E-state index in [1.54, 1.807) is 24.4 Å². The van der Waals surface area contributed by atoms with E-state index in [4.69, 9.17) is 9.84 Å². The van der Waals surface area contributed by atoms with Crippen molar-refractivity contribution in [3.05, 3.63) is 34.9 Å². The number of hydrogen-bond donors (Lipinski definition) is 2. The highest BCUT2D eigenvalue weighted by molar-refractivity contribution is 5.83. The molecule has 2 heterocycles. The van der Waals surface area contributed by atoms with E-state index in [0.717, 1.165) is 0 Å². The predicted molar refractivity (Wildman–Crippen MR) is 80.1 cm³/mol. The Morgan fingerprint density at radius 1 is 1.43 bits per heavy atom. The molecule has 0 bridgehead atoms. The molecular weight excluding hydrogens is 304 g/mol. The summed E-state index contributed by atoms with van der Waals surface area (Å²) in [6.07, 6.45) is 1.72. The van der Waals surface area contributed by atoms with E-state index in [9.17, 15) is 14.4 Å². The number of carboxylic acids is 1. The Balaban J connectivity index is 1.96. The molecule has 0 radical (unpaired) electrons. The minimum Gasteiger partial charge on any atom is -0.480 e. The average Bonchev–Trinajstić information content (AvgIpc) is 2.86. The summed E-state index contributed by atoms with van der Waals surface area (Å²) in [5.74, 6) is -1.59. The van der Waals surface area contributed by atoms with E-state index in [0.29, 0.717) is 5.65 Å². The number of hydrogen-bond acceptors (Lipinski definition) is 5. The van der Waals surface area contributed by atoms with Gasteiger partial charge in [0.05, 0.1) is 6.54 Å². The number of methoxy groups -OCH3 is 1. The summed E-state index contributed by atoms with van der Waals surface area (Å²) in [6, 6.07) is 4.13. The minimum absolute atomic E-state index is 0.0411. The second kappa shape index (κ2) is 7.54. The highest BCUT2D eigenvalue weighted by Crippen LogP contribution is 1.98. The zero-order chi connectivity index (χ0) is 16.8. The number of carbonyl (C=O) groups excluding carboxylic acids is 1. The van der Waals surface area contributed by atoms with E-state index in [-0.39, 0.29) is 31.7 Å². The maximum absolute atomic E-state index is 12.0. The lowest BCUT2D eigenvalue weighted by molar-refractivity contribution is -0.142. The topological polar surface area (TPSA) is 115 Å². The molecule has 2 aromatic rings. The largest absolute Gasteiger partial charge is 0.480 e. The fraction of sp³-hybridized carbons (Fsp3) is 0.429. The number of aromatic nitrogens is 3. The number of aryl methyl sites for hydroxylation is 1. The van der Waals surface area contributed by atoms with Crippen molar-refractivity contribution in [2.45, 2.75) is 25.4 Å². The van der Waals surface area contributed by atoms with E-state index in [1.807, 2.05) is 0 Å². The number of ether oxygens (including phenoxy) is 1. The zero-order valence-electron chi connectivity index (χ0n) is 12.6. The Morgan fingerprint density at radius 3 is 2.87 bits per heavy atom. The van der Waals surface area contributed by atoms with Gasteiger partial charge < -0.3 is 15.2 Å². The highest BCUT2D eigenvalue weighted by atomic mass is 16.5. The second-order valence-electron chi connectivity index (χ2n) is 4.92. The SMILES string of the molecule is COCCC(NC(=O)CCn1nc2ccccn2c1=O)C(=O)O. The van der Waals surface area contributed by atoms with Gasteiger partial charge >= 0.3 is 11.7 Å². The van der Waals surface area contributed by atoms with Gasteiger partial charge in [-0.15, -0.1) is 5.10 Å². The molecule has 0 saturated carbocycles. The minimum atomic E-state index is -1.12. The number of carbonyl (C=O) groups is 2. The van der Waals surface area contributed by atoms with Crippen molar-refractivity contribution in [2.75, 3.05) is 13.7 Å². The van der Waals surface area contributed by atoms with Crippen LogP contribution in [0.4, 0.5) is 0 Å². The van der Waals surface area contributed by atoms with Crippen molar-refractivity contribution in [2.24, 2.45) is 0 Å². The van der Waals surface area contributed by atoms with Crippen LogP contribution in [0.25, 0.3) is 5.65 Å². The quantitative estimate of drug-likeness (QED) is 0.676. The number of fused-ring (bicyclic) bond motifs is 1. The van der Waals surface area contributed by atoms with E-state index < -0.39 is 17.9 Å². The summed E-state index contributed by atoms with van der Waals surface area (Å²) in [7, 11) is 1.45. The molecule has 2 N–H and O–H groups in total. The van der Waals surface area contributed by atoms with E-state index >= 15 is 0 Å². The molecule has 0 fully saturated rings. The average molecular weight is 322 g/mol. The lowest BCUT2D eigenvalue weighted by Crippen LogP contribution is -2.42. The number of nitrogens with one attached hydrogen (secondary N) is 1. The second-order valence-corrected chi connectivity index (χ2v) is 4.92. The molecule has 0 aliphatic carbocycles. The van der Waals surface area contributed by atoms with Gasteiger partial charge in [0.2, 0.25) is 5.91 Å². The normalized spacial score (nSPS) is 12.2. The third-order valence-electron chi connectivity index (χ3n) is 3.28. The monoisotopic (exact) mass is 322 g/mol. The van der Waals surface area contributed by atoms with Gasteiger partial charge in [-0.25, -0.2) is 14.3 Å². The Bertz CT molecular complexity index is 751. The Kier molecular flexibility index (Phi) is 5.47. The molecule has 0 aliphatic rings. The van der Waals surface area contributed by atoms with Crippen LogP contribution >= 0.6 is 0 Å². The number of amides is 1. The molecule has 1 unspecified atom stereocenters. The van der Waals surface area contributed by atoms with Gasteiger partial charge in [-0.3, -0.25) is 9.20 Å². The third-order valence-corrected chi connectivity index (χ3v) is 3.28. The maximum Gasteiger partial charge on any atom is 0.350 e. The number of rotatable bonds is 8. The first-order valence-corrected chi connectivity index (χ1v) is 7.08. The molecule has 0 aromatic carbocycles. The van der Waals surface area contributed by atoms with Crippen molar-refractivity contribution in [3.8, 4) is 0 Å². The molecule has 23 heavy (non-hydrogen) atoms. The van der Waals surface area contributed by atoms with Crippen molar-refractivity contribution in [1.82, 2.24) is 19.5 Å². The standard InChI is InChI=1S/C14H18N4O5/c1-23-9-6-10(13(20)21)15-12(19)5-8-18-14(22)17-7-3-2-4-11(17)16-18/h2-4,7,10H,5-6,8-9H2,1H3,(H,15,19)(H,20,21). The molecule has 9 nitrogen and oxygen atoms in total. The summed E-state index contributed by atoms with van der Waals surface area (Å²) in [5.41, 5.74) is 0.143. The Hall–Kier alpha value is -2.68. The molecule has 9 heteroatoms. The van der Waals surface area contributed by atoms with Gasteiger partial charge in [0, 0.05) is 32.8 Å². The van der Waals surface area contributed by atoms with E-state index in [1.165, 1.54) is 16.2 Å². The number of nitrogens with zero attached hydrogens (tertiary/aromatic N) is 3. The molecule has 2 aromatic heterocycles. The van der Waals surface area contributed by atoms with Gasteiger partial charge in [0.25, 0.3) is 0 Å². The lowest BCUT2D eigenvalue weighted by Gasteiger charge is -2.13. The van der Waals surface area contributed by atoms with Crippen molar-refractivity contribution in [1.29, 1.82) is 0 Å². The fourth-order valence-electron chi connectivity index (χ4n) is 2.08. The molecule has 0 spiro atoms. The van der Waals surface area contributed by atoms with Crippen LogP contribution in [0.1, 0.15) is 12.8 Å². The van der Waals surface area contributed by atoms with Crippen molar-refractivity contribution in [3.63, 3.8) is 0 Å². The Labute approximate surface area is 131 Å². The predicted octanol–water partition coefficient (Wildman–Crippen LogP) is -0.508. The van der Waals surface area contributed by atoms with E-state index in [2.05, 4.69) is 10.4 Å². The van der Waals surface area contributed by atoms with Crippen molar-refractivity contribution >= 4 is 17.5 Å². The van der Waals surface area contributed by atoms with Gasteiger partial charge in [-0.1, -0.05) is 6.07 Å². The molecule has 0 aliphatic heterocycles. The van der Waals surface area contributed by atoms with Crippen LogP contribution in [-0.2, 0) is 20.9 Å². The molecule has 1 amide bonds. The van der Waals surface area contributed by atoms with Gasteiger partial charge in [0.1, 0.15) is 6.04 Å². The maximum atomic E-state index is 12.0. The van der Waals surface area contributed by atoms with Crippen LogP contribution in [-0.4, -0.2) is 50.9 Å². The summed E-state index contributed by atoms with van der Waals surface area (Å²) in [4.78, 5) is 34.9. The molecule has 2 rings (SSSR count). The summed E-state index contributed by atoms with van der Waals surface area (Å²) in [6.45, 7) is 0.298. The van der Waals surface area contributed by atoms with Crippen LogP contribution in [0, 0.1) is 0 Å². The fourth-order valence-corrected chi connectivity index (χ4v) is 2.08. The van der Waals surface area contributed by atoms with Crippen LogP contribution in [0.5, 0.6) is 0 Å². The molecule has 1 atom stereocenters. The molecule has 124 valence electrons. The lowest BCUT2D eigenvalue weighted by atomic mass is 10.2. The van der Waals surface area contributed by atoms with Crippen LogP contribution < -0.4 is 11.0 Å². The first kappa shape index (κ1) is 16.7. The third kappa shape index (κ3) is 4.16. The summed E-state index contributed by atoms with van der Waals surface area (Å²) in [5, 5.41) is 15.5. The first-order chi connectivity index (χ1) is 11.0. The smallest absolute Gasteiger partial charge is 0.350 e. The summed E-state index contributed by atoms with van der Waals surface area (Å²) < 4.78 is 7.36. The highest BCUT2D eigenvalue weighted by Gasteiger charge is 2.19. The number of carboxylic acid groups (broad SMARTS) is 1.